The molecule has 3 heterocycles. The first-order chi connectivity index (χ1) is 11.7. The first-order valence-corrected chi connectivity index (χ1v) is 9.52. The number of thiophene rings is 1. The van der Waals surface area contributed by atoms with Crippen LogP contribution in [0.2, 0.25) is 0 Å². The van der Waals surface area contributed by atoms with Crippen LogP contribution in [-0.4, -0.2) is 69.5 Å². The Hall–Kier alpha value is -0.410. The zero-order chi connectivity index (χ0) is 16.8. The van der Waals surface area contributed by atoms with E-state index in [1.165, 1.54) is 4.88 Å². The van der Waals surface area contributed by atoms with Gasteiger partial charge < -0.3 is 20.1 Å². The lowest BCUT2D eigenvalue weighted by molar-refractivity contribution is -0.147. The Bertz CT molecular complexity index is 521. The van der Waals surface area contributed by atoms with E-state index in [2.05, 4.69) is 33.0 Å². The number of morpholine rings is 1. The van der Waals surface area contributed by atoms with Crippen LogP contribution in [0.5, 0.6) is 0 Å². The number of hydrogen-bond acceptors (Lipinski definition) is 6. The summed E-state index contributed by atoms with van der Waals surface area (Å²) in [6.45, 7) is 5.55. The Labute approximate surface area is 171 Å². The van der Waals surface area contributed by atoms with Crippen molar-refractivity contribution in [1.29, 1.82) is 0 Å². The maximum Gasteiger partial charge on any atom is 0.252 e. The highest BCUT2D eigenvalue weighted by Crippen LogP contribution is 2.27. The summed E-state index contributed by atoms with van der Waals surface area (Å²) in [6, 6.07) is 4.42. The largest absolute Gasteiger partial charge is 0.379 e. The standard InChI is InChI=1S/C17H27N3O3S.2ClH/c1-22-17(4-6-18-7-5-17)16(21)19-13-14(15-3-2-12-24-15)20-8-10-23-11-9-20;;/h2-3,12,14,18H,4-11,13H2,1H3,(H,19,21);2*1H. The van der Waals surface area contributed by atoms with Gasteiger partial charge in [-0.1, -0.05) is 6.07 Å². The third-order valence-electron chi connectivity index (χ3n) is 5.03. The average molecular weight is 426 g/mol. The lowest BCUT2D eigenvalue weighted by Crippen LogP contribution is -2.55. The number of carbonyl (C=O) groups is 1. The lowest BCUT2D eigenvalue weighted by Gasteiger charge is -2.37. The number of methoxy groups -OCH3 is 1. The molecule has 2 N–H and O–H groups in total. The number of nitrogens with one attached hydrogen (secondary N) is 2. The third-order valence-corrected chi connectivity index (χ3v) is 6.00. The molecule has 2 aliphatic heterocycles. The average Bonchev–Trinajstić information content (AvgIpc) is 3.17. The van der Waals surface area contributed by atoms with E-state index in [1.54, 1.807) is 18.4 Å². The molecule has 0 aromatic carbocycles. The Morgan fingerprint density at radius 3 is 2.65 bits per heavy atom. The normalized spacial score (nSPS) is 21.1. The first-order valence-electron chi connectivity index (χ1n) is 8.64. The van der Waals surface area contributed by atoms with Crippen LogP contribution in [0, 0.1) is 0 Å². The second kappa shape index (κ2) is 11.4. The van der Waals surface area contributed by atoms with E-state index < -0.39 is 5.60 Å². The van der Waals surface area contributed by atoms with E-state index in [9.17, 15) is 4.79 Å². The Morgan fingerprint density at radius 2 is 2.08 bits per heavy atom. The summed E-state index contributed by atoms with van der Waals surface area (Å²) in [7, 11) is 1.64. The van der Waals surface area contributed by atoms with E-state index in [0.717, 1.165) is 52.2 Å². The minimum absolute atomic E-state index is 0. The van der Waals surface area contributed by atoms with E-state index >= 15 is 0 Å². The van der Waals surface area contributed by atoms with Crippen LogP contribution in [-0.2, 0) is 14.3 Å². The minimum atomic E-state index is -0.684. The quantitative estimate of drug-likeness (QED) is 0.727. The predicted octanol–water partition coefficient (Wildman–Crippen LogP) is 1.85. The van der Waals surface area contributed by atoms with Crippen LogP contribution in [0.25, 0.3) is 0 Å². The summed E-state index contributed by atoms with van der Waals surface area (Å²) < 4.78 is 11.1. The molecule has 0 aliphatic carbocycles. The van der Waals surface area contributed by atoms with Crippen LogP contribution in [0.3, 0.4) is 0 Å². The molecule has 2 fully saturated rings. The molecule has 0 spiro atoms. The Kier molecular flexibility index (Phi) is 10.4. The SMILES string of the molecule is COC1(C(=O)NCC(c2cccs2)N2CCOCC2)CCNCC1.Cl.Cl. The van der Waals surface area contributed by atoms with Crippen molar-refractivity contribution >= 4 is 42.1 Å². The fourth-order valence-corrected chi connectivity index (χ4v) is 4.35. The molecule has 2 saturated heterocycles. The van der Waals surface area contributed by atoms with Gasteiger partial charge in [-0.3, -0.25) is 9.69 Å². The van der Waals surface area contributed by atoms with Gasteiger partial charge in [0.1, 0.15) is 5.60 Å². The van der Waals surface area contributed by atoms with Crippen LogP contribution >= 0.6 is 36.2 Å². The second-order valence-electron chi connectivity index (χ2n) is 6.34. The predicted molar refractivity (Wildman–Crippen MR) is 109 cm³/mol. The first kappa shape index (κ1) is 23.6. The Balaban J connectivity index is 0.00000169. The monoisotopic (exact) mass is 425 g/mol. The van der Waals surface area contributed by atoms with Gasteiger partial charge in [-0.05, 0) is 37.4 Å². The summed E-state index contributed by atoms with van der Waals surface area (Å²) in [5.41, 5.74) is -0.684. The smallest absolute Gasteiger partial charge is 0.252 e. The molecule has 6 nitrogen and oxygen atoms in total. The molecule has 1 amide bonds. The van der Waals surface area contributed by atoms with Crippen molar-refractivity contribution in [2.75, 3.05) is 53.0 Å². The fourth-order valence-electron chi connectivity index (χ4n) is 3.48. The highest BCUT2D eigenvalue weighted by Gasteiger charge is 2.40. The van der Waals surface area contributed by atoms with Gasteiger partial charge in [-0.15, -0.1) is 36.2 Å². The summed E-state index contributed by atoms with van der Waals surface area (Å²) in [4.78, 5) is 16.5. The summed E-state index contributed by atoms with van der Waals surface area (Å²) in [5, 5.41) is 8.54. The molecular formula is C17H29Cl2N3O3S. The second-order valence-corrected chi connectivity index (χ2v) is 7.32. The highest BCUT2D eigenvalue weighted by atomic mass is 35.5. The van der Waals surface area contributed by atoms with Crippen molar-refractivity contribution in [2.24, 2.45) is 0 Å². The van der Waals surface area contributed by atoms with Crippen molar-refractivity contribution in [3.8, 4) is 0 Å². The van der Waals surface area contributed by atoms with Gasteiger partial charge in [0.2, 0.25) is 0 Å². The maximum absolute atomic E-state index is 12.8. The molecule has 0 saturated carbocycles. The van der Waals surface area contributed by atoms with Crippen molar-refractivity contribution in [1.82, 2.24) is 15.5 Å². The van der Waals surface area contributed by atoms with Gasteiger partial charge in [0.15, 0.2) is 0 Å². The fraction of sp³-hybridized carbons (Fsp3) is 0.706. The highest BCUT2D eigenvalue weighted by molar-refractivity contribution is 7.10. The Morgan fingerprint density at radius 1 is 1.38 bits per heavy atom. The van der Waals surface area contributed by atoms with Crippen LogP contribution in [0.1, 0.15) is 23.8 Å². The molecule has 1 aromatic rings. The molecule has 1 aromatic heterocycles. The van der Waals surface area contributed by atoms with Crippen LogP contribution in [0.15, 0.2) is 17.5 Å². The number of nitrogens with zero attached hydrogens (tertiary/aromatic N) is 1. The maximum atomic E-state index is 12.8. The van der Waals surface area contributed by atoms with Crippen LogP contribution in [0.4, 0.5) is 0 Å². The molecule has 9 heteroatoms. The number of carbonyl (C=O) groups excluding carboxylic acids is 1. The molecular weight excluding hydrogens is 397 g/mol. The van der Waals surface area contributed by atoms with E-state index in [4.69, 9.17) is 9.47 Å². The molecule has 0 radical (unpaired) electrons. The van der Waals surface area contributed by atoms with E-state index in [1.807, 2.05) is 0 Å². The number of halogens is 2. The third kappa shape index (κ3) is 5.55. The summed E-state index contributed by atoms with van der Waals surface area (Å²) in [5.74, 6) is 0.0151. The summed E-state index contributed by atoms with van der Waals surface area (Å²) >= 11 is 1.74. The van der Waals surface area contributed by atoms with Gasteiger partial charge in [0, 0.05) is 31.6 Å². The number of ether oxygens (including phenoxy) is 2. The van der Waals surface area contributed by atoms with E-state index in [0.29, 0.717) is 6.54 Å². The molecule has 2 aliphatic rings. The zero-order valence-corrected chi connectivity index (χ0v) is 17.5. The molecule has 1 atom stereocenters. The lowest BCUT2D eigenvalue weighted by atomic mass is 9.91. The molecule has 1 unspecified atom stereocenters. The number of piperidine rings is 1. The van der Waals surface area contributed by atoms with E-state index in [-0.39, 0.29) is 36.8 Å². The van der Waals surface area contributed by atoms with Gasteiger partial charge in [0.05, 0.1) is 19.3 Å². The topological polar surface area (TPSA) is 62.8 Å². The van der Waals surface area contributed by atoms with Crippen molar-refractivity contribution in [2.45, 2.75) is 24.5 Å². The number of rotatable bonds is 6. The zero-order valence-electron chi connectivity index (χ0n) is 15.1. The van der Waals surface area contributed by atoms with Gasteiger partial charge in [0.25, 0.3) is 5.91 Å². The molecule has 0 bridgehead atoms. The molecule has 150 valence electrons. The minimum Gasteiger partial charge on any atom is -0.379 e. The molecule has 26 heavy (non-hydrogen) atoms. The van der Waals surface area contributed by atoms with Gasteiger partial charge in [-0.25, -0.2) is 0 Å². The summed E-state index contributed by atoms with van der Waals surface area (Å²) in [6.07, 6.45) is 1.44. The van der Waals surface area contributed by atoms with Gasteiger partial charge in [-0.2, -0.15) is 0 Å². The van der Waals surface area contributed by atoms with Crippen molar-refractivity contribution in [3.63, 3.8) is 0 Å². The molecule has 3 rings (SSSR count). The van der Waals surface area contributed by atoms with Gasteiger partial charge >= 0.3 is 0 Å². The van der Waals surface area contributed by atoms with Crippen molar-refractivity contribution < 1.29 is 14.3 Å². The van der Waals surface area contributed by atoms with Crippen LogP contribution < -0.4 is 10.6 Å². The van der Waals surface area contributed by atoms with Crippen molar-refractivity contribution in [3.05, 3.63) is 22.4 Å². The number of amides is 1. The number of hydrogen-bond donors (Lipinski definition) is 2.